The van der Waals surface area contributed by atoms with Crippen LogP contribution in [0, 0.1) is 0 Å². The van der Waals surface area contributed by atoms with Gasteiger partial charge in [0.15, 0.2) is 0 Å². The number of benzene rings is 1. The second kappa shape index (κ2) is 1.26. The third kappa shape index (κ3) is 0.338. The molecule has 1 aromatic heterocycles. The van der Waals surface area contributed by atoms with Crippen LogP contribution in [-0.2, 0) is 6.54 Å². The molecule has 2 aliphatic heterocycles. The molecule has 4 rings (SSSR count). The highest BCUT2D eigenvalue weighted by molar-refractivity contribution is 5.87. The van der Waals surface area contributed by atoms with Crippen molar-refractivity contribution in [2.75, 3.05) is 0 Å². The van der Waals surface area contributed by atoms with Crippen LogP contribution < -0.4 is 0 Å². The van der Waals surface area contributed by atoms with E-state index < -0.39 is 0 Å². The van der Waals surface area contributed by atoms with E-state index in [4.69, 9.17) is 0 Å². The molecule has 0 unspecified atom stereocenters. The minimum absolute atomic E-state index is 1.14. The van der Waals surface area contributed by atoms with E-state index in [1.165, 1.54) is 16.5 Å². The maximum absolute atomic E-state index is 2.28. The Hall–Kier alpha value is -1.24. The second-order valence-corrected chi connectivity index (χ2v) is 2.80. The van der Waals surface area contributed by atoms with Crippen LogP contribution in [0.2, 0.25) is 0 Å². The van der Waals surface area contributed by atoms with Crippen molar-refractivity contribution < 1.29 is 0 Å². The fourth-order valence-corrected chi connectivity index (χ4v) is 1.65. The van der Waals surface area contributed by atoms with Gasteiger partial charge in [-0.3, -0.25) is 0 Å². The van der Waals surface area contributed by atoms with Crippen LogP contribution in [0.5, 0.6) is 0 Å². The molecule has 0 atom stereocenters. The van der Waals surface area contributed by atoms with Crippen molar-refractivity contribution in [1.82, 2.24) is 4.57 Å². The zero-order valence-electron chi connectivity index (χ0n) is 5.54. The molecule has 1 nitrogen and oxygen atoms in total. The lowest BCUT2D eigenvalue weighted by Gasteiger charge is -2.06. The molecule has 0 fully saturated rings. The first-order chi connectivity index (χ1) is 4.95. The van der Waals surface area contributed by atoms with Gasteiger partial charge in [-0.15, -0.1) is 0 Å². The molecular formula is C9H7N. The Bertz CT molecular complexity index is 362. The third-order valence-corrected chi connectivity index (χ3v) is 2.21. The summed E-state index contributed by atoms with van der Waals surface area (Å²) in [6, 6.07) is 8.55. The average Bonchev–Trinajstić information content (AvgIpc) is 2.36. The zero-order valence-corrected chi connectivity index (χ0v) is 5.54. The first-order valence-electron chi connectivity index (χ1n) is 3.52. The summed E-state index contributed by atoms with van der Waals surface area (Å²) in [5.74, 6) is 0. The Morgan fingerprint density at radius 1 is 1.20 bits per heavy atom. The molecule has 2 aromatic rings. The number of hydrogen-bond donors (Lipinski definition) is 0. The fourth-order valence-electron chi connectivity index (χ4n) is 1.65. The van der Waals surface area contributed by atoms with Gasteiger partial charge in [0.2, 0.25) is 0 Å². The normalized spacial score (nSPS) is 13.6. The summed E-state index contributed by atoms with van der Waals surface area (Å²) in [6.07, 6.45) is 2.21. The minimum atomic E-state index is 1.14. The van der Waals surface area contributed by atoms with Crippen LogP contribution in [0.1, 0.15) is 5.56 Å². The smallest absolute Gasteiger partial charge is 0.0497 e. The van der Waals surface area contributed by atoms with Crippen LogP contribution in [0.15, 0.2) is 30.5 Å². The number of rotatable bonds is 0. The lowest BCUT2D eigenvalue weighted by atomic mass is 10.2. The van der Waals surface area contributed by atoms with E-state index in [0.717, 1.165) is 6.54 Å². The van der Waals surface area contributed by atoms with Crippen LogP contribution in [0.4, 0.5) is 0 Å². The number of para-hydroxylation sites is 1. The van der Waals surface area contributed by atoms with Crippen LogP contribution in [0.3, 0.4) is 0 Å². The summed E-state index contributed by atoms with van der Waals surface area (Å²) in [6.45, 7) is 1.14. The molecule has 1 aromatic carbocycles. The molecule has 3 heterocycles. The van der Waals surface area contributed by atoms with Crippen molar-refractivity contribution in [3.8, 4) is 0 Å². The quantitative estimate of drug-likeness (QED) is 0.437. The molecule has 1 heteroatoms. The van der Waals surface area contributed by atoms with E-state index in [9.17, 15) is 0 Å². The minimum Gasteiger partial charge on any atom is -0.343 e. The molecule has 0 radical (unpaired) electrons. The maximum atomic E-state index is 2.28. The topological polar surface area (TPSA) is 4.93 Å². The number of aromatic nitrogens is 1. The summed E-state index contributed by atoms with van der Waals surface area (Å²) in [5, 5.41) is 1.43. The molecule has 2 aliphatic rings. The largest absolute Gasteiger partial charge is 0.343 e. The molecule has 0 spiro atoms. The number of nitrogens with zero attached hydrogens (tertiary/aromatic N) is 1. The van der Waals surface area contributed by atoms with Crippen molar-refractivity contribution in [3.63, 3.8) is 0 Å². The van der Waals surface area contributed by atoms with Crippen molar-refractivity contribution in [1.29, 1.82) is 0 Å². The molecule has 0 amide bonds. The summed E-state index contributed by atoms with van der Waals surface area (Å²) in [5.41, 5.74) is 2.88. The first-order valence-corrected chi connectivity index (χ1v) is 3.52. The maximum Gasteiger partial charge on any atom is 0.0497 e. The van der Waals surface area contributed by atoms with E-state index in [1.54, 1.807) is 0 Å². The van der Waals surface area contributed by atoms with Crippen LogP contribution in [0.25, 0.3) is 10.9 Å². The summed E-state index contributed by atoms with van der Waals surface area (Å²) in [7, 11) is 0. The molecule has 0 N–H and O–H groups in total. The third-order valence-electron chi connectivity index (χ3n) is 2.21. The Morgan fingerprint density at radius 2 is 2.00 bits per heavy atom. The summed E-state index contributed by atoms with van der Waals surface area (Å²) in [4.78, 5) is 0. The monoisotopic (exact) mass is 129 g/mol. The van der Waals surface area contributed by atoms with Gasteiger partial charge in [0.05, 0.1) is 0 Å². The zero-order chi connectivity index (χ0) is 6.55. The van der Waals surface area contributed by atoms with Gasteiger partial charge in [-0.1, -0.05) is 18.2 Å². The average molecular weight is 129 g/mol. The lowest BCUT2D eigenvalue weighted by molar-refractivity contribution is 0.774. The lowest BCUT2D eigenvalue weighted by Crippen LogP contribution is -2.01. The molecule has 2 bridgehead atoms. The predicted octanol–water partition coefficient (Wildman–Crippen LogP) is 2.00. The SMILES string of the molecule is c1ccc2c(c1)c1cn2C1. The van der Waals surface area contributed by atoms with Gasteiger partial charge in [0.1, 0.15) is 0 Å². The van der Waals surface area contributed by atoms with Gasteiger partial charge < -0.3 is 4.57 Å². The Balaban J connectivity index is 2.67. The van der Waals surface area contributed by atoms with Crippen molar-refractivity contribution in [3.05, 3.63) is 36.0 Å². The van der Waals surface area contributed by atoms with E-state index in [-0.39, 0.29) is 0 Å². The number of hydrogen-bond acceptors (Lipinski definition) is 0. The van der Waals surface area contributed by atoms with Crippen molar-refractivity contribution in [2.24, 2.45) is 0 Å². The van der Waals surface area contributed by atoms with Gasteiger partial charge in [-0.2, -0.15) is 0 Å². The molecule has 0 saturated carbocycles. The molecule has 10 heavy (non-hydrogen) atoms. The standard InChI is InChI=1S/C9H7N/c1-2-4-9-8(3-1)7-5-10(9)6-7/h1-5H,6H2. The van der Waals surface area contributed by atoms with E-state index in [1.807, 2.05) is 0 Å². The van der Waals surface area contributed by atoms with E-state index in [2.05, 4.69) is 35.0 Å². The molecule has 0 saturated heterocycles. The van der Waals surface area contributed by atoms with E-state index in [0.29, 0.717) is 0 Å². The Labute approximate surface area is 58.9 Å². The predicted molar refractivity (Wildman–Crippen MR) is 41.0 cm³/mol. The van der Waals surface area contributed by atoms with Gasteiger partial charge in [-0.05, 0) is 11.6 Å². The van der Waals surface area contributed by atoms with Crippen molar-refractivity contribution >= 4 is 10.9 Å². The molecule has 48 valence electrons. The Morgan fingerprint density at radius 3 is 2.80 bits per heavy atom. The summed E-state index contributed by atoms with van der Waals surface area (Å²) >= 11 is 0. The van der Waals surface area contributed by atoms with Crippen LogP contribution >= 0.6 is 0 Å². The highest BCUT2D eigenvalue weighted by Gasteiger charge is 2.15. The van der Waals surface area contributed by atoms with Crippen LogP contribution in [-0.4, -0.2) is 4.57 Å². The van der Waals surface area contributed by atoms with Gasteiger partial charge >= 0.3 is 0 Å². The van der Waals surface area contributed by atoms with Crippen molar-refractivity contribution in [2.45, 2.75) is 6.54 Å². The fraction of sp³-hybridized carbons (Fsp3) is 0.111. The summed E-state index contributed by atoms with van der Waals surface area (Å²) < 4.78 is 2.28. The molecule has 0 aliphatic carbocycles. The first kappa shape index (κ1) is 4.56. The second-order valence-electron chi connectivity index (χ2n) is 2.80. The Kier molecular flexibility index (Phi) is 0.575. The van der Waals surface area contributed by atoms with Gasteiger partial charge in [-0.25, -0.2) is 0 Å². The van der Waals surface area contributed by atoms with Gasteiger partial charge in [0.25, 0.3) is 0 Å². The molecular weight excluding hydrogens is 122 g/mol. The highest BCUT2D eigenvalue weighted by Crippen LogP contribution is 2.29. The van der Waals surface area contributed by atoms with Gasteiger partial charge in [0, 0.05) is 23.6 Å². The van der Waals surface area contributed by atoms with E-state index >= 15 is 0 Å². The highest BCUT2D eigenvalue weighted by atomic mass is 15.0.